The van der Waals surface area contributed by atoms with E-state index < -0.39 is 0 Å². The van der Waals surface area contributed by atoms with E-state index in [9.17, 15) is 4.79 Å². The molecule has 0 spiro atoms. The van der Waals surface area contributed by atoms with Gasteiger partial charge in [-0.3, -0.25) is 9.89 Å². The zero-order valence-corrected chi connectivity index (χ0v) is 13.5. The van der Waals surface area contributed by atoms with E-state index in [2.05, 4.69) is 20.2 Å². The van der Waals surface area contributed by atoms with Gasteiger partial charge in [0.2, 0.25) is 11.8 Å². The number of likely N-dealkylation sites (tertiary alicyclic amines) is 1. The molecule has 7 nitrogen and oxygen atoms in total. The minimum Gasteiger partial charge on any atom is -0.478 e. The summed E-state index contributed by atoms with van der Waals surface area (Å²) in [6, 6.07) is 5.52. The zero-order chi connectivity index (χ0) is 16.2. The first-order valence-corrected chi connectivity index (χ1v) is 7.91. The highest BCUT2D eigenvalue weighted by molar-refractivity contribution is 5.78. The van der Waals surface area contributed by atoms with Crippen molar-refractivity contribution < 1.29 is 9.53 Å². The van der Waals surface area contributed by atoms with Crippen molar-refractivity contribution in [3.63, 3.8) is 0 Å². The summed E-state index contributed by atoms with van der Waals surface area (Å²) in [5.41, 5.74) is 0.734. The van der Waals surface area contributed by atoms with Crippen molar-refractivity contribution in [3.05, 3.63) is 35.5 Å². The van der Waals surface area contributed by atoms with Crippen LogP contribution in [0.1, 0.15) is 36.6 Å². The van der Waals surface area contributed by atoms with Crippen molar-refractivity contribution in [3.8, 4) is 5.88 Å². The molecule has 1 aliphatic heterocycles. The molecule has 0 aromatic carbocycles. The summed E-state index contributed by atoms with van der Waals surface area (Å²) >= 11 is 0. The number of nitrogens with zero attached hydrogens (tertiary/aromatic N) is 4. The maximum atomic E-state index is 12.5. The highest BCUT2D eigenvalue weighted by atomic mass is 16.5. The number of hydrogen-bond donors (Lipinski definition) is 1. The van der Waals surface area contributed by atoms with Crippen molar-refractivity contribution in [2.45, 2.75) is 32.6 Å². The van der Waals surface area contributed by atoms with Gasteiger partial charge in [0.05, 0.1) is 18.7 Å². The molecule has 1 saturated heterocycles. The van der Waals surface area contributed by atoms with E-state index in [0.717, 1.165) is 30.3 Å². The Morgan fingerprint density at radius 1 is 1.43 bits per heavy atom. The van der Waals surface area contributed by atoms with Crippen molar-refractivity contribution >= 4 is 5.91 Å². The van der Waals surface area contributed by atoms with Crippen LogP contribution >= 0.6 is 0 Å². The summed E-state index contributed by atoms with van der Waals surface area (Å²) < 4.78 is 5.37. The van der Waals surface area contributed by atoms with Gasteiger partial charge in [-0.25, -0.2) is 9.97 Å². The van der Waals surface area contributed by atoms with E-state index in [1.807, 2.05) is 30.9 Å². The van der Waals surface area contributed by atoms with Crippen molar-refractivity contribution in [1.29, 1.82) is 0 Å². The quantitative estimate of drug-likeness (QED) is 0.903. The second-order valence-electron chi connectivity index (χ2n) is 5.68. The normalized spacial score (nSPS) is 17.5. The fraction of sp³-hybridized carbons (Fsp3) is 0.500. The molecule has 1 aliphatic rings. The van der Waals surface area contributed by atoms with Crippen LogP contribution in [0.25, 0.3) is 0 Å². The number of carbonyl (C=O) groups is 1. The number of nitrogens with one attached hydrogen (secondary N) is 1. The molecule has 1 atom stereocenters. The first-order valence-electron chi connectivity index (χ1n) is 7.91. The Balaban J connectivity index is 1.60. The molecular weight excluding hydrogens is 294 g/mol. The molecular formula is C16H21N5O2. The summed E-state index contributed by atoms with van der Waals surface area (Å²) in [7, 11) is 0. The molecule has 2 aromatic heterocycles. The predicted octanol–water partition coefficient (Wildman–Crippen LogP) is 1.47. The minimum atomic E-state index is 0.0842. The Labute approximate surface area is 135 Å². The summed E-state index contributed by atoms with van der Waals surface area (Å²) in [6.45, 7) is 5.76. The standard InChI is InChI=1S/C16H21N5O2/c1-3-23-14-6-4-5-13(18-14)9-15(22)21-8-7-12(10-21)16-17-11(2)19-20-16/h4-6,12H,3,7-10H2,1-2H3,(H,17,19,20). The minimum absolute atomic E-state index is 0.0842. The van der Waals surface area contributed by atoms with Gasteiger partial charge >= 0.3 is 0 Å². The second-order valence-corrected chi connectivity index (χ2v) is 5.68. The Morgan fingerprint density at radius 2 is 2.30 bits per heavy atom. The Hall–Kier alpha value is -2.44. The molecule has 3 rings (SSSR count). The Bertz CT molecular complexity index is 685. The number of aromatic amines is 1. The topological polar surface area (TPSA) is 84.0 Å². The van der Waals surface area contributed by atoms with Crippen LogP contribution in [0.3, 0.4) is 0 Å². The number of aromatic nitrogens is 4. The van der Waals surface area contributed by atoms with Crippen molar-refractivity contribution in [2.24, 2.45) is 0 Å². The van der Waals surface area contributed by atoms with Gasteiger partial charge in [0.15, 0.2) is 5.82 Å². The largest absolute Gasteiger partial charge is 0.478 e. The summed E-state index contributed by atoms with van der Waals surface area (Å²) in [5, 5.41) is 7.06. The van der Waals surface area contributed by atoms with Crippen LogP contribution in [-0.4, -0.2) is 50.7 Å². The van der Waals surface area contributed by atoms with Crippen LogP contribution < -0.4 is 4.74 Å². The highest BCUT2D eigenvalue weighted by Gasteiger charge is 2.29. The average molecular weight is 315 g/mol. The number of amides is 1. The molecule has 1 N–H and O–H groups in total. The van der Waals surface area contributed by atoms with Gasteiger partial charge in [0.1, 0.15) is 5.82 Å². The fourth-order valence-electron chi connectivity index (χ4n) is 2.79. The highest BCUT2D eigenvalue weighted by Crippen LogP contribution is 2.25. The molecule has 1 amide bonds. The third kappa shape index (κ3) is 3.67. The van der Waals surface area contributed by atoms with Gasteiger partial charge in [-0.15, -0.1) is 0 Å². The number of H-pyrrole nitrogens is 1. The van der Waals surface area contributed by atoms with Gasteiger partial charge in [-0.1, -0.05) is 6.07 Å². The second kappa shape index (κ2) is 6.76. The predicted molar refractivity (Wildman–Crippen MR) is 84.2 cm³/mol. The SMILES string of the molecule is CCOc1cccc(CC(=O)N2CCC(c3n[nH]c(C)n3)C2)n1. The summed E-state index contributed by atoms with van der Waals surface area (Å²) in [4.78, 5) is 23.1. The number of ether oxygens (including phenoxy) is 1. The lowest BCUT2D eigenvalue weighted by atomic mass is 10.1. The first kappa shape index (κ1) is 15.5. The van der Waals surface area contributed by atoms with E-state index in [-0.39, 0.29) is 11.8 Å². The van der Waals surface area contributed by atoms with E-state index in [1.54, 1.807) is 6.07 Å². The smallest absolute Gasteiger partial charge is 0.228 e. The monoisotopic (exact) mass is 315 g/mol. The molecule has 3 heterocycles. The molecule has 122 valence electrons. The summed E-state index contributed by atoms with van der Waals surface area (Å²) in [6.07, 6.45) is 1.19. The van der Waals surface area contributed by atoms with Gasteiger partial charge in [-0.2, -0.15) is 5.10 Å². The number of pyridine rings is 1. The number of rotatable bonds is 5. The van der Waals surface area contributed by atoms with E-state index in [0.29, 0.717) is 25.5 Å². The molecule has 2 aromatic rings. The van der Waals surface area contributed by atoms with E-state index >= 15 is 0 Å². The number of hydrogen-bond acceptors (Lipinski definition) is 5. The third-order valence-corrected chi connectivity index (χ3v) is 3.93. The van der Waals surface area contributed by atoms with Gasteiger partial charge in [0, 0.05) is 25.1 Å². The molecule has 0 radical (unpaired) electrons. The lowest BCUT2D eigenvalue weighted by Crippen LogP contribution is -2.30. The number of aryl methyl sites for hydroxylation is 1. The molecule has 23 heavy (non-hydrogen) atoms. The van der Waals surface area contributed by atoms with Crippen LogP contribution in [0.15, 0.2) is 18.2 Å². The molecule has 0 aliphatic carbocycles. The third-order valence-electron chi connectivity index (χ3n) is 3.93. The molecule has 1 unspecified atom stereocenters. The lowest BCUT2D eigenvalue weighted by molar-refractivity contribution is -0.129. The van der Waals surface area contributed by atoms with Crippen LogP contribution in [0.2, 0.25) is 0 Å². The Morgan fingerprint density at radius 3 is 3.04 bits per heavy atom. The molecule has 1 fully saturated rings. The van der Waals surface area contributed by atoms with Crippen LogP contribution in [0, 0.1) is 6.92 Å². The van der Waals surface area contributed by atoms with E-state index in [1.165, 1.54) is 0 Å². The first-order chi connectivity index (χ1) is 11.2. The zero-order valence-electron chi connectivity index (χ0n) is 13.5. The van der Waals surface area contributed by atoms with Gasteiger partial charge < -0.3 is 9.64 Å². The van der Waals surface area contributed by atoms with E-state index in [4.69, 9.17) is 4.74 Å². The lowest BCUT2D eigenvalue weighted by Gasteiger charge is -2.16. The average Bonchev–Trinajstić information content (AvgIpc) is 3.16. The van der Waals surface area contributed by atoms with Gasteiger partial charge in [0.25, 0.3) is 0 Å². The summed E-state index contributed by atoms with van der Waals surface area (Å²) in [5.74, 6) is 2.47. The maximum absolute atomic E-state index is 12.5. The number of carbonyl (C=O) groups excluding carboxylic acids is 1. The maximum Gasteiger partial charge on any atom is 0.228 e. The van der Waals surface area contributed by atoms with Crippen LogP contribution in [0.4, 0.5) is 0 Å². The van der Waals surface area contributed by atoms with Crippen LogP contribution in [0.5, 0.6) is 5.88 Å². The molecule has 0 saturated carbocycles. The van der Waals surface area contributed by atoms with Gasteiger partial charge in [-0.05, 0) is 26.3 Å². The fourth-order valence-corrected chi connectivity index (χ4v) is 2.79. The Kier molecular flexibility index (Phi) is 4.55. The molecule has 0 bridgehead atoms. The van der Waals surface area contributed by atoms with Crippen molar-refractivity contribution in [2.75, 3.05) is 19.7 Å². The van der Waals surface area contributed by atoms with Crippen LogP contribution in [-0.2, 0) is 11.2 Å². The molecule has 7 heteroatoms. The van der Waals surface area contributed by atoms with Crippen molar-refractivity contribution in [1.82, 2.24) is 25.1 Å².